The van der Waals surface area contributed by atoms with Crippen molar-refractivity contribution in [1.82, 2.24) is 9.80 Å². The second kappa shape index (κ2) is 6.87. The molecule has 2 aliphatic rings. The Morgan fingerprint density at radius 3 is 2.19 bits per heavy atom. The van der Waals surface area contributed by atoms with Crippen LogP contribution < -0.4 is 10.2 Å². The average Bonchev–Trinajstić information content (AvgIpc) is 2.82. The van der Waals surface area contributed by atoms with Crippen LogP contribution in [0.5, 0.6) is 5.75 Å². The first-order valence-electron chi connectivity index (χ1n) is 9.16. The van der Waals surface area contributed by atoms with Gasteiger partial charge in [0.25, 0.3) is 5.91 Å². The number of nitrogens with zero attached hydrogens (tertiary/aromatic N) is 2. The summed E-state index contributed by atoms with van der Waals surface area (Å²) in [5.41, 5.74) is 0.598. The van der Waals surface area contributed by atoms with Gasteiger partial charge in [0.15, 0.2) is 0 Å². The van der Waals surface area contributed by atoms with E-state index >= 15 is 0 Å². The first kappa shape index (κ1) is 19.2. The van der Waals surface area contributed by atoms with Gasteiger partial charge in [0, 0.05) is 37.2 Å². The number of benzene rings is 1. The number of hydrogen-bond acceptors (Lipinski definition) is 5. The lowest BCUT2D eigenvalue weighted by atomic mass is 9.78. The van der Waals surface area contributed by atoms with Gasteiger partial charge in [-0.1, -0.05) is 6.07 Å². The quantitative estimate of drug-likeness (QED) is 0.763. The zero-order valence-electron chi connectivity index (χ0n) is 16.7. The van der Waals surface area contributed by atoms with Crippen LogP contribution in [-0.2, 0) is 9.31 Å². The molecule has 1 amide bonds. The highest BCUT2D eigenvalue weighted by atomic mass is 16.7. The zero-order chi connectivity index (χ0) is 19.1. The standard InChI is InChI=1S/C19H29BN2O4/c1-18(2)19(3,4)26-20(25-18)15-8-7-14(13-16(15)24-6)17(23)22-11-9-21(5)10-12-22/h7-8,13H,9-12H2,1-6H3. The largest absolute Gasteiger partial charge is 0.498 e. The third-order valence-electron chi connectivity index (χ3n) is 5.78. The highest BCUT2D eigenvalue weighted by molar-refractivity contribution is 6.63. The van der Waals surface area contributed by atoms with Crippen LogP contribution in [0.1, 0.15) is 38.1 Å². The lowest BCUT2D eigenvalue weighted by Crippen LogP contribution is -2.47. The van der Waals surface area contributed by atoms with Crippen molar-refractivity contribution in [1.29, 1.82) is 0 Å². The molecule has 2 fully saturated rings. The van der Waals surface area contributed by atoms with Crippen LogP contribution in [0, 0.1) is 0 Å². The van der Waals surface area contributed by atoms with Crippen LogP contribution in [0.2, 0.25) is 0 Å². The maximum atomic E-state index is 12.8. The van der Waals surface area contributed by atoms with E-state index in [1.165, 1.54) is 0 Å². The normalized spacial score (nSPS) is 22.5. The minimum atomic E-state index is -0.511. The van der Waals surface area contributed by atoms with Crippen LogP contribution in [0.25, 0.3) is 0 Å². The van der Waals surface area contributed by atoms with Gasteiger partial charge in [-0.05, 0) is 46.9 Å². The molecule has 26 heavy (non-hydrogen) atoms. The Morgan fingerprint density at radius 2 is 1.65 bits per heavy atom. The summed E-state index contributed by atoms with van der Waals surface area (Å²) in [6.07, 6.45) is 0. The van der Waals surface area contributed by atoms with Gasteiger partial charge in [0.2, 0.25) is 0 Å². The van der Waals surface area contributed by atoms with Crippen LogP contribution in [-0.4, -0.2) is 74.4 Å². The fourth-order valence-electron chi connectivity index (χ4n) is 3.20. The number of carbonyl (C=O) groups is 1. The van der Waals surface area contributed by atoms with E-state index in [4.69, 9.17) is 14.0 Å². The molecule has 0 atom stereocenters. The second-order valence-corrected chi connectivity index (χ2v) is 8.14. The molecule has 0 aromatic heterocycles. The Kier molecular flexibility index (Phi) is 5.07. The van der Waals surface area contributed by atoms with Crippen LogP contribution >= 0.6 is 0 Å². The van der Waals surface area contributed by atoms with Crippen LogP contribution in [0.15, 0.2) is 18.2 Å². The first-order chi connectivity index (χ1) is 12.1. The van der Waals surface area contributed by atoms with E-state index in [9.17, 15) is 4.79 Å². The molecule has 0 radical (unpaired) electrons. The number of ether oxygens (including phenoxy) is 1. The van der Waals surface area contributed by atoms with Gasteiger partial charge < -0.3 is 23.8 Å². The van der Waals surface area contributed by atoms with Crippen molar-refractivity contribution in [2.45, 2.75) is 38.9 Å². The van der Waals surface area contributed by atoms with Crippen molar-refractivity contribution in [2.75, 3.05) is 40.3 Å². The minimum absolute atomic E-state index is 0.0388. The van der Waals surface area contributed by atoms with Crippen molar-refractivity contribution in [3.63, 3.8) is 0 Å². The molecule has 1 aromatic carbocycles. The van der Waals surface area contributed by atoms with Gasteiger partial charge in [0.05, 0.1) is 18.3 Å². The van der Waals surface area contributed by atoms with E-state index in [0.717, 1.165) is 31.6 Å². The molecule has 142 valence electrons. The van der Waals surface area contributed by atoms with Crippen molar-refractivity contribution in [3.8, 4) is 5.75 Å². The summed E-state index contributed by atoms with van der Waals surface area (Å²) in [5.74, 6) is 0.653. The molecule has 2 aliphatic heterocycles. The Morgan fingerprint density at radius 1 is 1.08 bits per heavy atom. The number of methoxy groups -OCH3 is 1. The maximum Gasteiger partial charge on any atom is 0.498 e. The predicted octanol–water partition coefficient (Wildman–Crippen LogP) is 1.38. The summed E-state index contributed by atoms with van der Waals surface area (Å²) in [7, 11) is 3.17. The predicted molar refractivity (Wildman–Crippen MR) is 102 cm³/mol. The number of likely N-dealkylation sites (N-methyl/N-ethyl adjacent to an activating group) is 1. The van der Waals surface area contributed by atoms with E-state index in [1.54, 1.807) is 13.2 Å². The molecular formula is C19H29BN2O4. The highest BCUT2D eigenvalue weighted by Crippen LogP contribution is 2.37. The molecule has 2 heterocycles. The molecule has 2 saturated heterocycles. The molecule has 7 heteroatoms. The highest BCUT2D eigenvalue weighted by Gasteiger charge is 2.52. The molecule has 1 aromatic rings. The first-order valence-corrected chi connectivity index (χ1v) is 9.16. The molecular weight excluding hydrogens is 331 g/mol. The van der Waals surface area contributed by atoms with Crippen LogP contribution in [0.4, 0.5) is 0 Å². The van der Waals surface area contributed by atoms with E-state index in [-0.39, 0.29) is 5.91 Å². The van der Waals surface area contributed by atoms with E-state index < -0.39 is 18.3 Å². The van der Waals surface area contributed by atoms with Crippen molar-refractivity contribution in [3.05, 3.63) is 23.8 Å². The summed E-state index contributed by atoms with van der Waals surface area (Å²) < 4.78 is 17.8. The van der Waals surface area contributed by atoms with Gasteiger partial charge in [-0.15, -0.1) is 0 Å². The Bertz CT molecular complexity index is 668. The lowest BCUT2D eigenvalue weighted by Gasteiger charge is -2.32. The maximum absolute atomic E-state index is 12.8. The van der Waals surface area contributed by atoms with Crippen molar-refractivity contribution in [2.24, 2.45) is 0 Å². The number of carbonyl (C=O) groups excluding carboxylic acids is 1. The third kappa shape index (κ3) is 3.48. The van der Waals surface area contributed by atoms with Crippen LogP contribution in [0.3, 0.4) is 0 Å². The smallest absolute Gasteiger partial charge is 0.497 e. The van der Waals surface area contributed by atoms with Gasteiger partial charge in [0.1, 0.15) is 5.75 Å². The van der Waals surface area contributed by atoms with Gasteiger partial charge in [-0.2, -0.15) is 0 Å². The fourth-order valence-corrected chi connectivity index (χ4v) is 3.20. The van der Waals surface area contributed by atoms with E-state index in [0.29, 0.717) is 11.3 Å². The molecule has 0 N–H and O–H groups in total. The minimum Gasteiger partial charge on any atom is -0.497 e. The molecule has 3 rings (SSSR count). The zero-order valence-corrected chi connectivity index (χ0v) is 16.7. The average molecular weight is 360 g/mol. The van der Waals surface area contributed by atoms with Gasteiger partial charge in [-0.25, -0.2) is 0 Å². The fraction of sp³-hybridized carbons (Fsp3) is 0.632. The number of piperazine rings is 1. The Hall–Kier alpha value is -1.57. The summed E-state index contributed by atoms with van der Waals surface area (Å²) in [5, 5.41) is 0. The number of rotatable bonds is 3. The topological polar surface area (TPSA) is 51.2 Å². The van der Waals surface area contributed by atoms with Gasteiger partial charge >= 0.3 is 7.12 Å². The van der Waals surface area contributed by atoms with Gasteiger partial charge in [-0.3, -0.25) is 4.79 Å². The Balaban J connectivity index is 1.82. The second-order valence-electron chi connectivity index (χ2n) is 8.14. The molecule has 6 nitrogen and oxygen atoms in total. The lowest BCUT2D eigenvalue weighted by molar-refractivity contribution is 0.00578. The van der Waals surface area contributed by atoms with E-state index in [1.807, 2.05) is 44.7 Å². The summed E-state index contributed by atoms with van der Waals surface area (Å²) in [6, 6.07) is 5.51. The molecule has 0 saturated carbocycles. The summed E-state index contributed by atoms with van der Waals surface area (Å²) >= 11 is 0. The third-order valence-corrected chi connectivity index (χ3v) is 5.78. The number of hydrogen-bond donors (Lipinski definition) is 0. The Labute approximate surface area is 156 Å². The summed E-state index contributed by atoms with van der Waals surface area (Å²) in [4.78, 5) is 16.9. The van der Waals surface area contributed by atoms with E-state index in [2.05, 4.69) is 11.9 Å². The molecule has 0 spiro atoms. The monoisotopic (exact) mass is 360 g/mol. The molecule has 0 aliphatic carbocycles. The summed E-state index contributed by atoms with van der Waals surface area (Å²) in [6.45, 7) is 11.4. The molecule has 0 unspecified atom stereocenters. The van der Waals surface area contributed by atoms with Crippen molar-refractivity contribution >= 4 is 18.5 Å². The molecule has 0 bridgehead atoms. The number of amides is 1. The SMILES string of the molecule is COc1cc(C(=O)N2CCN(C)CC2)ccc1B1OC(C)(C)C(C)(C)O1. The van der Waals surface area contributed by atoms with Crippen molar-refractivity contribution < 1.29 is 18.8 Å².